The average molecular weight is 310 g/mol. The van der Waals surface area contributed by atoms with Crippen molar-refractivity contribution in [3.05, 3.63) is 39.8 Å². The van der Waals surface area contributed by atoms with Crippen LogP contribution in [0, 0.1) is 0 Å². The van der Waals surface area contributed by atoms with Crippen LogP contribution in [0.1, 0.15) is 17.9 Å². The molecule has 5 heteroatoms. The van der Waals surface area contributed by atoms with Crippen LogP contribution < -0.4 is 4.90 Å². The van der Waals surface area contributed by atoms with Gasteiger partial charge in [-0.2, -0.15) is 0 Å². The third-order valence-corrected chi connectivity index (χ3v) is 4.54. The second-order valence-electron chi connectivity index (χ2n) is 4.18. The first-order valence-corrected chi connectivity index (χ1v) is 7.23. The lowest BCUT2D eigenvalue weighted by Crippen LogP contribution is -2.18. The highest BCUT2D eigenvalue weighted by Gasteiger charge is 2.25. The molecule has 0 bridgehead atoms. The van der Waals surface area contributed by atoms with E-state index in [0.717, 1.165) is 22.1 Å². The van der Waals surface area contributed by atoms with E-state index in [1.165, 1.54) is 12.0 Å². The standard InChI is InChI=1S/C12H12BrN3S/c13-11-14-15-12(17-11)16-7-6-10(8-16)9-4-2-1-3-5-9/h1-5,10H,6-8H2. The van der Waals surface area contributed by atoms with Crippen molar-refractivity contribution in [3.8, 4) is 0 Å². The normalized spacial score (nSPS) is 19.8. The molecule has 2 heterocycles. The molecule has 3 nitrogen and oxygen atoms in total. The van der Waals surface area contributed by atoms with Crippen molar-refractivity contribution >= 4 is 32.4 Å². The van der Waals surface area contributed by atoms with Crippen molar-refractivity contribution in [1.29, 1.82) is 0 Å². The Labute approximate surface area is 113 Å². The molecule has 1 aromatic heterocycles. The van der Waals surface area contributed by atoms with Gasteiger partial charge in [-0.1, -0.05) is 41.7 Å². The number of anilines is 1. The topological polar surface area (TPSA) is 29.0 Å². The minimum absolute atomic E-state index is 0.624. The number of benzene rings is 1. The van der Waals surface area contributed by atoms with Gasteiger partial charge in [0.2, 0.25) is 5.13 Å². The summed E-state index contributed by atoms with van der Waals surface area (Å²) in [7, 11) is 0. The summed E-state index contributed by atoms with van der Waals surface area (Å²) in [5.74, 6) is 0.624. The molecule has 17 heavy (non-hydrogen) atoms. The predicted molar refractivity (Wildman–Crippen MR) is 73.6 cm³/mol. The van der Waals surface area contributed by atoms with Gasteiger partial charge in [-0.15, -0.1) is 10.2 Å². The van der Waals surface area contributed by atoms with Crippen molar-refractivity contribution in [2.45, 2.75) is 12.3 Å². The Hall–Kier alpha value is -0.940. The molecule has 2 aromatic rings. The Balaban J connectivity index is 1.74. The van der Waals surface area contributed by atoms with Crippen molar-refractivity contribution in [1.82, 2.24) is 10.2 Å². The third kappa shape index (κ3) is 2.35. The van der Waals surface area contributed by atoms with E-state index < -0.39 is 0 Å². The molecule has 1 unspecified atom stereocenters. The lowest BCUT2D eigenvalue weighted by atomic mass is 9.99. The van der Waals surface area contributed by atoms with Gasteiger partial charge in [0.05, 0.1) is 0 Å². The van der Waals surface area contributed by atoms with E-state index in [4.69, 9.17) is 0 Å². The van der Waals surface area contributed by atoms with Crippen LogP contribution in [0.2, 0.25) is 0 Å². The Morgan fingerprint density at radius 3 is 2.76 bits per heavy atom. The van der Waals surface area contributed by atoms with Gasteiger partial charge in [0.25, 0.3) is 0 Å². The van der Waals surface area contributed by atoms with E-state index in [1.807, 2.05) is 0 Å². The molecule has 1 aliphatic rings. The monoisotopic (exact) mass is 309 g/mol. The number of rotatable bonds is 2. The van der Waals surface area contributed by atoms with Gasteiger partial charge in [0.1, 0.15) is 0 Å². The molecule has 3 rings (SSSR count). The average Bonchev–Trinajstić information content (AvgIpc) is 2.98. The molecule has 0 radical (unpaired) electrons. The Morgan fingerprint density at radius 2 is 2.06 bits per heavy atom. The molecule has 0 amide bonds. The zero-order chi connectivity index (χ0) is 11.7. The van der Waals surface area contributed by atoms with E-state index in [0.29, 0.717) is 5.92 Å². The number of nitrogens with zero attached hydrogens (tertiary/aromatic N) is 3. The molecule has 0 spiro atoms. The predicted octanol–water partition coefficient (Wildman–Crippen LogP) is 3.29. The van der Waals surface area contributed by atoms with Crippen LogP contribution in [0.15, 0.2) is 34.2 Å². The molecular weight excluding hydrogens is 298 g/mol. The molecule has 1 aromatic carbocycles. The molecule has 1 saturated heterocycles. The zero-order valence-corrected chi connectivity index (χ0v) is 11.6. The van der Waals surface area contributed by atoms with E-state index in [9.17, 15) is 0 Å². The zero-order valence-electron chi connectivity index (χ0n) is 9.21. The Kier molecular flexibility index (Phi) is 3.11. The van der Waals surface area contributed by atoms with E-state index >= 15 is 0 Å². The summed E-state index contributed by atoms with van der Waals surface area (Å²) in [5, 5.41) is 9.20. The number of hydrogen-bond donors (Lipinski definition) is 0. The molecule has 88 valence electrons. The second kappa shape index (κ2) is 4.74. The van der Waals surface area contributed by atoms with Gasteiger partial charge in [0.15, 0.2) is 3.92 Å². The van der Waals surface area contributed by atoms with E-state index in [1.54, 1.807) is 11.3 Å². The minimum Gasteiger partial charge on any atom is -0.346 e. The highest BCUT2D eigenvalue weighted by molar-refractivity contribution is 9.11. The quantitative estimate of drug-likeness (QED) is 0.852. The summed E-state index contributed by atoms with van der Waals surface area (Å²) in [5.41, 5.74) is 1.43. The lowest BCUT2D eigenvalue weighted by molar-refractivity contribution is 0.774. The maximum Gasteiger partial charge on any atom is 0.209 e. The fourth-order valence-corrected chi connectivity index (χ4v) is 3.38. The van der Waals surface area contributed by atoms with Crippen molar-refractivity contribution in [3.63, 3.8) is 0 Å². The highest BCUT2D eigenvalue weighted by atomic mass is 79.9. The largest absolute Gasteiger partial charge is 0.346 e. The van der Waals surface area contributed by atoms with Crippen molar-refractivity contribution < 1.29 is 0 Å². The van der Waals surface area contributed by atoms with Crippen LogP contribution in [-0.2, 0) is 0 Å². The molecule has 1 fully saturated rings. The summed E-state index contributed by atoms with van der Waals surface area (Å²) in [6.45, 7) is 2.12. The van der Waals surface area contributed by atoms with Crippen LogP contribution in [0.3, 0.4) is 0 Å². The minimum atomic E-state index is 0.624. The summed E-state index contributed by atoms with van der Waals surface area (Å²) in [6.07, 6.45) is 1.20. The molecule has 1 atom stereocenters. The fraction of sp³-hybridized carbons (Fsp3) is 0.333. The maximum atomic E-state index is 4.17. The number of aromatic nitrogens is 2. The molecule has 0 saturated carbocycles. The van der Waals surface area contributed by atoms with Crippen LogP contribution in [-0.4, -0.2) is 23.3 Å². The van der Waals surface area contributed by atoms with Crippen molar-refractivity contribution in [2.24, 2.45) is 0 Å². The van der Waals surface area contributed by atoms with Gasteiger partial charge < -0.3 is 4.90 Å². The van der Waals surface area contributed by atoms with Gasteiger partial charge in [-0.05, 0) is 27.9 Å². The van der Waals surface area contributed by atoms with Crippen LogP contribution >= 0.6 is 27.3 Å². The van der Waals surface area contributed by atoms with Gasteiger partial charge in [0, 0.05) is 19.0 Å². The first-order chi connectivity index (χ1) is 8.33. The van der Waals surface area contributed by atoms with Crippen LogP contribution in [0.5, 0.6) is 0 Å². The second-order valence-corrected chi connectivity index (χ2v) is 6.41. The summed E-state index contributed by atoms with van der Waals surface area (Å²) in [6, 6.07) is 10.7. The molecular formula is C12H12BrN3S. The van der Waals surface area contributed by atoms with Gasteiger partial charge in [-0.3, -0.25) is 0 Å². The van der Waals surface area contributed by atoms with Gasteiger partial charge in [-0.25, -0.2) is 0 Å². The fourth-order valence-electron chi connectivity index (χ4n) is 2.26. The summed E-state index contributed by atoms with van der Waals surface area (Å²) in [4.78, 5) is 2.32. The SMILES string of the molecule is Brc1nnc(N2CCC(c3ccccc3)C2)s1. The highest BCUT2D eigenvalue weighted by Crippen LogP contribution is 2.33. The molecule has 0 N–H and O–H groups in total. The summed E-state index contributed by atoms with van der Waals surface area (Å²) < 4.78 is 0.857. The van der Waals surface area contributed by atoms with Gasteiger partial charge >= 0.3 is 0 Å². The Morgan fingerprint density at radius 1 is 1.24 bits per heavy atom. The third-order valence-electron chi connectivity index (χ3n) is 3.12. The van der Waals surface area contributed by atoms with Crippen molar-refractivity contribution in [2.75, 3.05) is 18.0 Å². The lowest BCUT2D eigenvalue weighted by Gasteiger charge is -2.14. The smallest absolute Gasteiger partial charge is 0.209 e. The summed E-state index contributed by atoms with van der Waals surface area (Å²) >= 11 is 4.96. The maximum absolute atomic E-state index is 4.17. The van der Waals surface area contributed by atoms with E-state index in [2.05, 4.69) is 61.4 Å². The van der Waals surface area contributed by atoms with Crippen LogP contribution in [0.4, 0.5) is 5.13 Å². The first kappa shape index (κ1) is 11.2. The van der Waals surface area contributed by atoms with Crippen LogP contribution in [0.25, 0.3) is 0 Å². The number of halogens is 1. The van der Waals surface area contributed by atoms with E-state index in [-0.39, 0.29) is 0 Å². The molecule has 1 aliphatic heterocycles. The molecule has 0 aliphatic carbocycles. The first-order valence-electron chi connectivity index (χ1n) is 5.62. The Bertz CT molecular complexity index is 499. The number of hydrogen-bond acceptors (Lipinski definition) is 4.